The summed E-state index contributed by atoms with van der Waals surface area (Å²) in [4.78, 5) is 20.6. The van der Waals surface area contributed by atoms with Crippen molar-refractivity contribution in [2.45, 2.75) is 25.7 Å². The maximum atomic E-state index is 12.1. The van der Waals surface area contributed by atoms with Crippen molar-refractivity contribution in [1.82, 2.24) is 19.6 Å². The number of carbonyl (C=O) groups excluding carboxylic acids is 1. The smallest absolute Gasteiger partial charge is 0.270 e. The summed E-state index contributed by atoms with van der Waals surface area (Å²) in [6.07, 6.45) is 3.80. The van der Waals surface area contributed by atoms with E-state index in [2.05, 4.69) is 15.3 Å². The average Bonchev–Trinajstić information content (AvgIpc) is 3.30. The summed E-state index contributed by atoms with van der Waals surface area (Å²) in [5, 5.41) is 2.83. The molecule has 0 radical (unpaired) electrons. The first-order chi connectivity index (χ1) is 10.5. The molecule has 1 aliphatic carbocycles. The summed E-state index contributed by atoms with van der Waals surface area (Å²) < 4.78 is 24.7. The molecule has 0 atom stereocenters. The van der Waals surface area contributed by atoms with Crippen molar-refractivity contribution in [2.75, 3.05) is 25.4 Å². The van der Waals surface area contributed by atoms with Crippen molar-refractivity contribution in [2.24, 2.45) is 5.92 Å². The molecule has 3 rings (SSSR count). The Morgan fingerprint density at radius 3 is 2.77 bits per heavy atom. The average molecular weight is 324 g/mol. The lowest BCUT2D eigenvalue weighted by Crippen LogP contribution is -2.54. The van der Waals surface area contributed by atoms with Crippen LogP contribution >= 0.6 is 0 Å². The number of sulfonamides is 1. The maximum absolute atomic E-state index is 12.1. The van der Waals surface area contributed by atoms with Crippen molar-refractivity contribution in [1.29, 1.82) is 0 Å². The summed E-state index contributed by atoms with van der Waals surface area (Å²) >= 11 is 0. The Balaban J connectivity index is 1.48. The van der Waals surface area contributed by atoms with E-state index in [1.54, 1.807) is 19.2 Å². The van der Waals surface area contributed by atoms with Crippen LogP contribution < -0.4 is 5.32 Å². The largest absolute Gasteiger partial charge is 0.350 e. The van der Waals surface area contributed by atoms with Gasteiger partial charge in [0.05, 0.1) is 5.75 Å². The van der Waals surface area contributed by atoms with Gasteiger partial charge in [-0.15, -0.1) is 0 Å². The first-order valence-electron chi connectivity index (χ1n) is 7.58. The van der Waals surface area contributed by atoms with Gasteiger partial charge >= 0.3 is 0 Å². The third kappa shape index (κ3) is 3.27. The molecule has 1 aliphatic heterocycles. The van der Waals surface area contributed by atoms with Gasteiger partial charge in [-0.25, -0.2) is 22.7 Å². The molecular formula is C14H20N4O3S. The molecule has 8 heteroatoms. The first kappa shape index (κ1) is 15.4. The standard InChI is InChI=1S/C14H20N4O3S/c1-2-22(20,21)18-8-10(9-18)7-16-14(19)12-5-6-15-13(17-12)11-3-4-11/h5-6,10-11H,2-4,7-9H2,1H3,(H,16,19). The number of nitrogens with zero attached hydrogens (tertiary/aromatic N) is 3. The lowest BCUT2D eigenvalue weighted by atomic mass is 10.0. The van der Waals surface area contributed by atoms with Crippen molar-refractivity contribution >= 4 is 15.9 Å². The SMILES string of the molecule is CCS(=O)(=O)N1CC(CNC(=O)c2ccnc(C3CC3)n2)C1. The summed E-state index contributed by atoms with van der Waals surface area (Å²) in [5.41, 5.74) is 0.384. The van der Waals surface area contributed by atoms with Crippen molar-refractivity contribution in [3.8, 4) is 0 Å². The molecule has 0 bridgehead atoms. The van der Waals surface area contributed by atoms with Gasteiger partial charge in [-0.3, -0.25) is 4.79 Å². The van der Waals surface area contributed by atoms with Gasteiger partial charge in [-0.1, -0.05) is 0 Å². The Hall–Kier alpha value is -1.54. The van der Waals surface area contributed by atoms with Crippen molar-refractivity contribution < 1.29 is 13.2 Å². The van der Waals surface area contributed by atoms with Crippen LogP contribution in [0.1, 0.15) is 42.0 Å². The van der Waals surface area contributed by atoms with Gasteiger partial charge in [0.2, 0.25) is 10.0 Å². The minimum absolute atomic E-state index is 0.122. The molecule has 1 aromatic rings. The van der Waals surface area contributed by atoms with Gasteiger partial charge in [0, 0.05) is 37.7 Å². The van der Waals surface area contributed by atoms with Gasteiger partial charge in [0.25, 0.3) is 5.91 Å². The number of rotatable bonds is 6. The molecule has 2 heterocycles. The van der Waals surface area contributed by atoms with E-state index in [0.29, 0.717) is 31.2 Å². The summed E-state index contributed by atoms with van der Waals surface area (Å²) in [6, 6.07) is 1.61. The van der Waals surface area contributed by atoms with Crippen LogP contribution in [-0.2, 0) is 10.0 Å². The zero-order valence-corrected chi connectivity index (χ0v) is 13.3. The van der Waals surface area contributed by atoms with Gasteiger partial charge < -0.3 is 5.32 Å². The fraction of sp³-hybridized carbons (Fsp3) is 0.643. The van der Waals surface area contributed by atoms with Gasteiger partial charge in [0.15, 0.2) is 0 Å². The molecule has 22 heavy (non-hydrogen) atoms. The second-order valence-electron chi connectivity index (χ2n) is 5.87. The highest BCUT2D eigenvalue weighted by atomic mass is 32.2. The number of hydrogen-bond donors (Lipinski definition) is 1. The number of aromatic nitrogens is 2. The fourth-order valence-corrected chi connectivity index (χ4v) is 3.67. The third-order valence-electron chi connectivity index (χ3n) is 4.08. The first-order valence-corrected chi connectivity index (χ1v) is 9.19. The normalized spacial score (nSPS) is 19.7. The van der Waals surface area contributed by atoms with Gasteiger partial charge in [-0.2, -0.15) is 0 Å². The predicted molar refractivity (Wildman–Crippen MR) is 80.9 cm³/mol. The van der Waals surface area contributed by atoms with Crippen LogP contribution in [0.25, 0.3) is 0 Å². The summed E-state index contributed by atoms with van der Waals surface area (Å²) in [6.45, 7) is 3.06. The Kier molecular flexibility index (Phi) is 4.14. The molecule has 1 aromatic heterocycles. The molecule has 0 aromatic carbocycles. The quantitative estimate of drug-likeness (QED) is 0.816. The molecule has 2 aliphatic rings. The van der Waals surface area contributed by atoms with Crippen LogP contribution in [0.15, 0.2) is 12.3 Å². The van der Waals surface area contributed by atoms with Gasteiger partial charge in [-0.05, 0) is 25.8 Å². The lowest BCUT2D eigenvalue weighted by Gasteiger charge is -2.37. The van der Waals surface area contributed by atoms with Crippen molar-refractivity contribution in [3.05, 3.63) is 23.8 Å². The van der Waals surface area contributed by atoms with Gasteiger partial charge in [0.1, 0.15) is 11.5 Å². The molecular weight excluding hydrogens is 304 g/mol. The topological polar surface area (TPSA) is 92.3 Å². The third-order valence-corrected chi connectivity index (χ3v) is 5.90. The van der Waals surface area contributed by atoms with Crippen LogP contribution in [0.3, 0.4) is 0 Å². The van der Waals surface area contributed by atoms with E-state index in [4.69, 9.17) is 0 Å². The van der Waals surface area contributed by atoms with E-state index in [1.807, 2.05) is 0 Å². The van der Waals surface area contributed by atoms with Crippen LogP contribution in [0, 0.1) is 5.92 Å². The predicted octanol–water partition coefficient (Wildman–Crippen LogP) is 0.365. The number of hydrogen-bond acceptors (Lipinski definition) is 5. The van der Waals surface area contributed by atoms with Crippen LogP contribution in [0.2, 0.25) is 0 Å². The molecule has 7 nitrogen and oxygen atoms in total. The molecule has 1 saturated heterocycles. The summed E-state index contributed by atoms with van der Waals surface area (Å²) in [5.74, 6) is 1.23. The van der Waals surface area contributed by atoms with E-state index in [0.717, 1.165) is 18.7 Å². The second-order valence-corrected chi connectivity index (χ2v) is 8.13. The van der Waals surface area contributed by atoms with Crippen LogP contribution in [-0.4, -0.2) is 54.0 Å². The maximum Gasteiger partial charge on any atom is 0.270 e. The van der Waals surface area contributed by atoms with E-state index in [-0.39, 0.29) is 17.6 Å². The monoisotopic (exact) mass is 324 g/mol. The Bertz CT molecular complexity index is 666. The Labute approximate surface area is 130 Å². The van der Waals surface area contributed by atoms with E-state index >= 15 is 0 Å². The highest BCUT2D eigenvalue weighted by Gasteiger charge is 2.34. The highest BCUT2D eigenvalue weighted by molar-refractivity contribution is 7.89. The van der Waals surface area contributed by atoms with E-state index in [9.17, 15) is 13.2 Å². The molecule has 1 N–H and O–H groups in total. The number of carbonyl (C=O) groups is 1. The van der Waals surface area contributed by atoms with Crippen molar-refractivity contribution in [3.63, 3.8) is 0 Å². The molecule has 1 saturated carbocycles. The highest BCUT2D eigenvalue weighted by Crippen LogP contribution is 2.37. The van der Waals surface area contributed by atoms with Crippen LogP contribution in [0.5, 0.6) is 0 Å². The zero-order valence-electron chi connectivity index (χ0n) is 12.5. The molecule has 0 spiro atoms. The Morgan fingerprint density at radius 1 is 1.41 bits per heavy atom. The molecule has 0 unspecified atom stereocenters. The number of amides is 1. The second kappa shape index (κ2) is 5.92. The molecule has 120 valence electrons. The zero-order chi connectivity index (χ0) is 15.7. The number of nitrogens with one attached hydrogen (secondary N) is 1. The summed E-state index contributed by atoms with van der Waals surface area (Å²) in [7, 11) is -3.09. The molecule has 2 fully saturated rings. The lowest BCUT2D eigenvalue weighted by molar-refractivity contribution is 0.0924. The van der Waals surface area contributed by atoms with Crippen LogP contribution in [0.4, 0.5) is 0 Å². The fourth-order valence-electron chi connectivity index (χ4n) is 2.43. The van der Waals surface area contributed by atoms with E-state index in [1.165, 1.54) is 4.31 Å². The molecule has 1 amide bonds. The Morgan fingerprint density at radius 2 is 2.14 bits per heavy atom. The minimum Gasteiger partial charge on any atom is -0.350 e. The minimum atomic E-state index is -3.09. The van der Waals surface area contributed by atoms with E-state index < -0.39 is 10.0 Å².